The third-order valence-corrected chi connectivity index (χ3v) is 3.46. The van der Waals surface area contributed by atoms with Gasteiger partial charge < -0.3 is 25.4 Å². The van der Waals surface area contributed by atoms with Crippen LogP contribution in [0.5, 0.6) is 0 Å². The van der Waals surface area contributed by atoms with Gasteiger partial charge in [-0.3, -0.25) is 9.36 Å². The summed E-state index contributed by atoms with van der Waals surface area (Å²) in [7, 11) is 0. The predicted octanol–water partition coefficient (Wildman–Crippen LogP) is -1.04. The minimum absolute atomic E-state index is 0.273. The first-order chi connectivity index (χ1) is 10.6. The number of rotatable bonds is 5. The molecule has 22 heavy (non-hydrogen) atoms. The standard InChI is InChI=1S/C12H15N5O5/c18-3-7-6(19)1-8(22-7)17-5-16-10-11(13-2-9(20)21)14-4-15-12(10)17/h4-8,18-19H,1-3H2,(H,20,21)(H,13,14,15)/t6?,7-,8-/m1/s1. The van der Waals surface area contributed by atoms with E-state index in [1.165, 1.54) is 12.7 Å². The Balaban J connectivity index is 1.89. The highest BCUT2D eigenvalue weighted by atomic mass is 16.5. The Kier molecular flexibility index (Phi) is 3.88. The fraction of sp³-hybridized carbons (Fsp3) is 0.500. The van der Waals surface area contributed by atoms with Gasteiger partial charge >= 0.3 is 5.97 Å². The van der Waals surface area contributed by atoms with E-state index in [1.54, 1.807) is 4.57 Å². The molecule has 0 spiro atoms. The molecule has 0 bridgehead atoms. The number of hydrogen-bond acceptors (Lipinski definition) is 8. The van der Waals surface area contributed by atoms with Crippen molar-refractivity contribution in [2.75, 3.05) is 18.5 Å². The van der Waals surface area contributed by atoms with Crippen molar-refractivity contribution in [3.63, 3.8) is 0 Å². The van der Waals surface area contributed by atoms with Crippen molar-refractivity contribution in [1.29, 1.82) is 0 Å². The minimum atomic E-state index is -1.01. The van der Waals surface area contributed by atoms with Gasteiger partial charge in [0.15, 0.2) is 17.0 Å². The van der Waals surface area contributed by atoms with Gasteiger partial charge in [-0.25, -0.2) is 15.0 Å². The number of nitrogens with zero attached hydrogens (tertiary/aromatic N) is 4. The highest BCUT2D eigenvalue weighted by molar-refractivity contribution is 5.84. The van der Waals surface area contributed by atoms with Crippen molar-refractivity contribution < 1.29 is 24.9 Å². The fourth-order valence-electron chi connectivity index (χ4n) is 2.40. The van der Waals surface area contributed by atoms with Crippen LogP contribution in [0.3, 0.4) is 0 Å². The molecule has 10 nitrogen and oxygen atoms in total. The van der Waals surface area contributed by atoms with E-state index < -0.39 is 24.4 Å². The number of carboxylic acids is 1. The first-order valence-electron chi connectivity index (χ1n) is 6.67. The first-order valence-corrected chi connectivity index (χ1v) is 6.67. The van der Waals surface area contributed by atoms with Crippen molar-refractivity contribution in [3.05, 3.63) is 12.7 Å². The summed E-state index contributed by atoms with van der Waals surface area (Å²) < 4.78 is 7.19. The van der Waals surface area contributed by atoms with Crippen LogP contribution in [0.2, 0.25) is 0 Å². The summed E-state index contributed by atoms with van der Waals surface area (Å²) in [5.41, 5.74) is 0.868. The second-order valence-electron chi connectivity index (χ2n) is 4.91. The van der Waals surface area contributed by atoms with Gasteiger partial charge in [-0.1, -0.05) is 0 Å². The highest BCUT2D eigenvalue weighted by Gasteiger charge is 2.35. The first kappa shape index (κ1) is 14.6. The summed E-state index contributed by atoms with van der Waals surface area (Å²) >= 11 is 0. The molecule has 3 atom stereocenters. The summed E-state index contributed by atoms with van der Waals surface area (Å²) in [6.07, 6.45) is 1.17. The van der Waals surface area contributed by atoms with Gasteiger partial charge in [-0.2, -0.15) is 0 Å². The molecule has 1 aliphatic rings. The second-order valence-corrected chi connectivity index (χ2v) is 4.91. The lowest BCUT2D eigenvalue weighted by molar-refractivity contribution is -0.134. The molecule has 0 aromatic carbocycles. The number of anilines is 1. The molecule has 0 aliphatic carbocycles. The quantitative estimate of drug-likeness (QED) is 0.544. The summed E-state index contributed by atoms with van der Waals surface area (Å²) in [4.78, 5) is 22.9. The molecule has 1 saturated heterocycles. The Bertz CT molecular complexity index is 690. The number of aliphatic hydroxyl groups excluding tert-OH is 2. The van der Waals surface area contributed by atoms with Gasteiger partial charge in [0.1, 0.15) is 25.2 Å². The molecule has 3 heterocycles. The van der Waals surface area contributed by atoms with Crippen molar-refractivity contribution in [2.24, 2.45) is 0 Å². The molecule has 3 rings (SSSR count). The van der Waals surface area contributed by atoms with Gasteiger partial charge in [0, 0.05) is 6.42 Å². The third-order valence-electron chi connectivity index (χ3n) is 3.46. The van der Waals surface area contributed by atoms with E-state index in [1.807, 2.05) is 0 Å². The molecule has 1 fully saturated rings. The normalized spacial score (nSPS) is 24.7. The lowest BCUT2D eigenvalue weighted by atomic mass is 10.2. The van der Waals surface area contributed by atoms with Gasteiger partial charge in [0.2, 0.25) is 0 Å². The van der Waals surface area contributed by atoms with Crippen LogP contribution >= 0.6 is 0 Å². The smallest absolute Gasteiger partial charge is 0.322 e. The Hall–Kier alpha value is -2.30. The maximum atomic E-state index is 10.6. The molecule has 0 amide bonds. The zero-order chi connectivity index (χ0) is 15.7. The number of aliphatic hydroxyl groups is 2. The molecule has 4 N–H and O–H groups in total. The van der Waals surface area contributed by atoms with E-state index in [0.29, 0.717) is 23.4 Å². The zero-order valence-electron chi connectivity index (χ0n) is 11.5. The number of ether oxygens (including phenoxy) is 1. The molecule has 118 valence electrons. The minimum Gasteiger partial charge on any atom is -0.480 e. The molecule has 10 heteroatoms. The lowest BCUT2D eigenvalue weighted by Gasteiger charge is -2.13. The number of carboxylic acid groups (broad SMARTS) is 1. The van der Waals surface area contributed by atoms with E-state index in [0.717, 1.165) is 0 Å². The van der Waals surface area contributed by atoms with Crippen molar-refractivity contribution in [3.8, 4) is 0 Å². The van der Waals surface area contributed by atoms with E-state index in [-0.39, 0.29) is 13.2 Å². The SMILES string of the molecule is O=C(O)CNc1ncnc2c1ncn2[C@H]1CC(O)[C@@H](CO)O1. The second kappa shape index (κ2) is 5.83. The number of aliphatic carboxylic acids is 1. The molecule has 2 aromatic rings. The van der Waals surface area contributed by atoms with Crippen LogP contribution in [0.25, 0.3) is 11.2 Å². The van der Waals surface area contributed by atoms with Crippen molar-refractivity contribution >= 4 is 23.0 Å². The predicted molar refractivity (Wildman–Crippen MR) is 73.1 cm³/mol. The van der Waals surface area contributed by atoms with Gasteiger partial charge in [-0.15, -0.1) is 0 Å². The average Bonchev–Trinajstić information content (AvgIpc) is 3.08. The number of aromatic nitrogens is 4. The zero-order valence-corrected chi connectivity index (χ0v) is 11.5. The molecule has 0 saturated carbocycles. The summed E-state index contributed by atoms with van der Waals surface area (Å²) in [6, 6.07) is 0. The maximum Gasteiger partial charge on any atom is 0.322 e. The van der Waals surface area contributed by atoms with Gasteiger partial charge in [-0.05, 0) is 0 Å². The van der Waals surface area contributed by atoms with Crippen LogP contribution in [-0.4, -0.2) is 66.2 Å². The largest absolute Gasteiger partial charge is 0.480 e. The lowest BCUT2D eigenvalue weighted by Crippen LogP contribution is -2.24. The molecular formula is C12H15N5O5. The number of carbonyl (C=O) groups is 1. The Morgan fingerprint density at radius 2 is 2.27 bits per heavy atom. The van der Waals surface area contributed by atoms with Crippen molar-refractivity contribution in [2.45, 2.75) is 24.9 Å². The summed E-state index contributed by atoms with van der Waals surface area (Å²) in [5.74, 6) is -0.706. The van der Waals surface area contributed by atoms with Crippen LogP contribution in [-0.2, 0) is 9.53 Å². The van der Waals surface area contributed by atoms with Crippen LogP contribution in [0.1, 0.15) is 12.6 Å². The van der Waals surface area contributed by atoms with E-state index in [4.69, 9.17) is 14.9 Å². The van der Waals surface area contributed by atoms with Crippen LogP contribution < -0.4 is 5.32 Å². The fourth-order valence-corrected chi connectivity index (χ4v) is 2.40. The van der Waals surface area contributed by atoms with E-state index in [9.17, 15) is 9.90 Å². The number of hydrogen-bond donors (Lipinski definition) is 4. The van der Waals surface area contributed by atoms with E-state index >= 15 is 0 Å². The Labute approximate surface area is 124 Å². The summed E-state index contributed by atoms with van der Waals surface area (Å²) in [5, 5.41) is 30.3. The number of nitrogens with one attached hydrogen (secondary N) is 1. The topological polar surface area (TPSA) is 143 Å². The van der Waals surface area contributed by atoms with Crippen LogP contribution in [0.4, 0.5) is 5.82 Å². The van der Waals surface area contributed by atoms with Gasteiger partial charge in [0.05, 0.1) is 19.0 Å². The van der Waals surface area contributed by atoms with Crippen LogP contribution in [0, 0.1) is 0 Å². The number of fused-ring (bicyclic) bond motifs is 1. The van der Waals surface area contributed by atoms with Crippen LogP contribution in [0.15, 0.2) is 12.7 Å². The highest BCUT2D eigenvalue weighted by Crippen LogP contribution is 2.31. The molecule has 2 aromatic heterocycles. The number of imidazole rings is 1. The Morgan fingerprint density at radius 3 is 2.95 bits per heavy atom. The average molecular weight is 309 g/mol. The summed E-state index contributed by atoms with van der Waals surface area (Å²) in [6.45, 7) is -0.561. The van der Waals surface area contributed by atoms with Crippen molar-refractivity contribution in [1.82, 2.24) is 19.5 Å². The molecule has 0 radical (unpaired) electrons. The molecule has 1 aliphatic heterocycles. The third kappa shape index (κ3) is 2.58. The Morgan fingerprint density at radius 1 is 1.45 bits per heavy atom. The molecular weight excluding hydrogens is 294 g/mol. The van der Waals surface area contributed by atoms with E-state index in [2.05, 4.69) is 20.3 Å². The maximum absolute atomic E-state index is 10.6. The monoisotopic (exact) mass is 309 g/mol. The van der Waals surface area contributed by atoms with Gasteiger partial charge in [0.25, 0.3) is 0 Å². The molecule has 1 unspecified atom stereocenters.